The lowest BCUT2D eigenvalue weighted by Crippen LogP contribution is -2.47. The Morgan fingerprint density at radius 1 is 0.474 bits per heavy atom. The van der Waals surface area contributed by atoms with E-state index < -0.39 is 20.0 Å². The van der Waals surface area contributed by atoms with Crippen molar-refractivity contribution in [1.29, 1.82) is 0 Å². The molecule has 76 heavy (non-hydrogen) atoms. The van der Waals surface area contributed by atoms with Gasteiger partial charge in [-0.2, -0.15) is 0 Å². The predicted octanol–water partition coefficient (Wildman–Crippen LogP) is 18.9. The third-order valence-electron chi connectivity index (χ3n) is 12.9. The second-order valence-corrected chi connectivity index (χ2v) is 22.9. The summed E-state index contributed by atoms with van der Waals surface area (Å²) in [6.45, 7) is 6.81. The van der Waals surface area contributed by atoms with Gasteiger partial charge in [-0.05, 0) is 109 Å². The van der Waals surface area contributed by atoms with Crippen molar-refractivity contribution >= 4 is 19.7 Å². The zero-order valence-corrected chi connectivity index (χ0v) is 50.6. The SMILES string of the molecule is CC/C=C\C/C=C\C/C=C\C/C=C\C/C=C\CCCC(=O)OC(/C=C\CCCCCCCCCCCC)C(COP(=O)(O)OCC[N+](C)(C)C)NC(=O)CCCCCCCCCC/C=C\C/C=C\C/C=C\CCCCC. The van der Waals surface area contributed by atoms with Crippen molar-refractivity contribution in [1.82, 2.24) is 5.32 Å². The Morgan fingerprint density at radius 3 is 1.32 bits per heavy atom. The maximum Gasteiger partial charge on any atom is 0.472 e. The lowest BCUT2D eigenvalue weighted by Gasteiger charge is -2.27. The molecule has 2 N–H and O–H groups in total. The molecule has 0 fully saturated rings. The number of ether oxygens (including phenoxy) is 1. The number of likely N-dealkylation sites (N-methyl/N-ethyl adjacent to an activating group) is 1. The highest BCUT2D eigenvalue weighted by atomic mass is 31.2. The maximum absolute atomic E-state index is 13.5. The highest BCUT2D eigenvalue weighted by Crippen LogP contribution is 2.43. The molecule has 436 valence electrons. The third-order valence-corrected chi connectivity index (χ3v) is 13.9. The monoisotopic (exact) mass is 1080 g/mol. The van der Waals surface area contributed by atoms with Crippen molar-refractivity contribution in [2.24, 2.45) is 0 Å². The predicted molar refractivity (Wildman–Crippen MR) is 327 cm³/mol. The summed E-state index contributed by atoms with van der Waals surface area (Å²) in [4.78, 5) is 37.7. The standard InChI is InChI=1S/C66H115N2O7P/c1-7-10-13-16-19-22-25-28-30-32-33-34-35-37-38-40-43-46-49-52-55-58-65(69)67-63(62-74-76(71,72)73-61-60-68(4,5)6)64(57-54-51-48-45-42-27-24-21-18-15-12-9-3)75-66(70)59-56-53-50-47-44-41-39-36-31-29-26-23-20-17-14-11-8-2/h11,14,19-20,22-23,28-31,33-34,39,41,47,50,54,57,63-64H,7-10,12-13,15-18,21,24-27,32,35-38,40,42-46,48-49,51-53,55-56,58-62H2,1-6H3,(H-,67,69,71,72)/p+1/b14-11-,22-19-,23-20-,30-28-,31-29-,34-33-,41-39-,50-47-,57-54-. The molecule has 0 saturated carbocycles. The van der Waals surface area contributed by atoms with Gasteiger partial charge in [-0.1, -0.05) is 233 Å². The molecule has 0 aliphatic rings. The second-order valence-electron chi connectivity index (χ2n) is 21.5. The number of hydrogen-bond donors (Lipinski definition) is 2. The molecule has 0 aliphatic carbocycles. The van der Waals surface area contributed by atoms with Gasteiger partial charge in [0, 0.05) is 12.8 Å². The molecule has 0 aromatic heterocycles. The highest BCUT2D eigenvalue weighted by Gasteiger charge is 2.30. The summed E-state index contributed by atoms with van der Waals surface area (Å²) in [5.74, 6) is -0.587. The average Bonchev–Trinajstić information content (AvgIpc) is 3.38. The minimum Gasteiger partial charge on any atom is -0.456 e. The van der Waals surface area contributed by atoms with Gasteiger partial charge in [-0.25, -0.2) is 4.57 Å². The van der Waals surface area contributed by atoms with Crippen LogP contribution in [0, 0.1) is 0 Å². The van der Waals surface area contributed by atoms with Crippen LogP contribution in [0.5, 0.6) is 0 Å². The molecule has 0 rings (SSSR count). The molecule has 0 aliphatic heterocycles. The number of allylic oxidation sites excluding steroid dienone is 17. The van der Waals surface area contributed by atoms with E-state index in [-0.39, 0.29) is 31.5 Å². The number of esters is 1. The first kappa shape index (κ1) is 72.7. The summed E-state index contributed by atoms with van der Waals surface area (Å²) in [7, 11) is 1.45. The van der Waals surface area contributed by atoms with E-state index in [4.69, 9.17) is 13.8 Å². The van der Waals surface area contributed by atoms with Crippen LogP contribution >= 0.6 is 7.82 Å². The van der Waals surface area contributed by atoms with Crippen molar-refractivity contribution in [3.8, 4) is 0 Å². The third kappa shape index (κ3) is 55.4. The van der Waals surface area contributed by atoms with Gasteiger partial charge in [-0.3, -0.25) is 18.6 Å². The summed E-state index contributed by atoms with van der Waals surface area (Å²) in [5.41, 5.74) is 0. The normalized spacial score (nSPS) is 14.5. The molecular weight excluding hydrogens is 964 g/mol. The first-order valence-electron chi connectivity index (χ1n) is 30.7. The number of amides is 1. The number of quaternary nitrogens is 1. The topological polar surface area (TPSA) is 111 Å². The van der Waals surface area contributed by atoms with Crippen molar-refractivity contribution < 1.29 is 37.3 Å². The molecule has 0 heterocycles. The number of hydrogen-bond acceptors (Lipinski definition) is 6. The molecule has 0 aromatic rings. The highest BCUT2D eigenvalue weighted by molar-refractivity contribution is 7.47. The van der Waals surface area contributed by atoms with Crippen LogP contribution in [-0.2, 0) is 27.9 Å². The Kier molecular flexibility index (Phi) is 52.6. The number of rotatable bonds is 54. The van der Waals surface area contributed by atoms with Crippen LogP contribution in [-0.4, -0.2) is 74.3 Å². The zero-order chi connectivity index (χ0) is 55.7. The zero-order valence-electron chi connectivity index (χ0n) is 49.7. The van der Waals surface area contributed by atoms with Crippen molar-refractivity contribution in [3.05, 3.63) is 109 Å². The number of phosphoric acid groups is 1. The maximum atomic E-state index is 13.5. The fourth-order valence-corrected chi connectivity index (χ4v) is 8.95. The number of nitrogens with zero attached hydrogens (tertiary/aromatic N) is 1. The first-order valence-corrected chi connectivity index (χ1v) is 32.2. The first-order chi connectivity index (χ1) is 36.9. The molecule has 3 unspecified atom stereocenters. The molecule has 9 nitrogen and oxygen atoms in total. The number of unbranched alkanes of at least 4 members (excludes halogenated alkanes) is 22. The molecule has 0 aromatic carbocycles. The van der Waals surface area contributed by atoms with E-state index in [0.717, 1.165) is 103 Å². The van der Waals surface area contributed by atoms with Crippen LogP contribution in [0.15, 0.2) is 109 Å². The number of carbonyl (C=O) groups is 2. The summed E-state index contributed by atoms with van der Waals surface area (Å²) < 4.78 is 30.6. The fourth-order valence-electron chi connectivity index (χ4n) is 8.22. The Morgan fingerprint density at radius 2 is 0.855 bits per heavy atom. The molecule has 10 heteroatoms. The molecule has 0 spiro atoms. The molecule has 1 amide bonds. The van der Waals surface area contributed by atoms with E-state index in [1.165, 1.54) is 103 Å². The van der Waals surface area contributed by atoms with Gasteiger partial charge in [-0.15, -0.1) is 0 Å². The van der Waals surface area contributed by atoms with Gasteiger partial charge in [0.15, 0.2) is 0 Å². The lowest BCUT2D eigenvalue weighted by atomic mass is 10.0. The Hall–Kier alpha value is -3.33. The molecule has 0 saturated heterocycles. The van der Waals surface area contributed by atoms with E-state index in [1.807, 2.05) is 33.3 Å². The van der Waals surface area contributed by atoms with Crippen LogP contribution in [0.1, 0.15) is 245 Å². The summed E-state index contributed by atoms with van der Waals surface area (Å²) in [6, 6.07) is -0.882. The van der Waals surface area contributed by atoms with E-state index in [9.17, 15) is 19.0 Å². The fraction of sp³-hybridized carbons (Fsp3) is 0.697. The molecule has 3 atom stereocenters. The Bertz CT molecular complexity index is 1670. The van der Waals surface area contributed by atoms with Gasteiger partial charge >= 0.3 is 13.8 Å². The van der Waals surface area contributed by atoms with Crippen molar-refractivity contribution in [2.45, 2.75) is 258 Å². The van der Waals surface area contributed by atoms with E-state index >= 15 is 0 Å². The molecule has 0 radical (unpaired) electrons. The second kappa shape index (κ2) is 55.0. The largest absolute Gasteiger partial charge is 0.472 e. The number of phosphoric ester groups is 1. The molecule has 0 bridgehead atoms. The smallest absolute Gasteiger partial charge is 0.456 e. The van der Waals surface area contributed by atoms with Crippen molar-refractivity contribution in [3.63, 3.8) is 0 Å². The minimum atomic E-state index is -4.47. The Labute approximate surface area is 468 Å². The van der Waals surface area contributed by atoms with E-state index in [0.29, 0.717) is 23.9 Å². The van der Waals surface area contributed by atoms with Crippen LogP contribution in [0.4, 0.5) is 0 Å². The van der Waals surface area contributed by atoms with E-state index in [1.54, 1.807) is 0 Å². The van der Waals surface area contributed by atoms with Crippen LogP contribution in [0.3, 0.4) is 0 Å². The van der Waals surface area contributed by atoms with Gasteiger partial charge in [0.25, 0.3) is 0 Å². The van der Waals surface area contributed by atoms with Gasteiger partial charge in [0.2, 0.25) is 5.91 Å². The minimum absolute atomic E-state index is 0.0244. The summed E-state index contributed by atoms with van der Waals surface area (Å²) >= 11 is 0. The average molecular weight is 1080 g/mol. The lowest BCUT2D eigenvalue weighted by molar-refractivity contribution is -0.870. The van der Waals surface area contributed by atoms with Crippen molar-refractivity contribution in [2.75, 3.05) is 40.9 Å². The van der Waals surface area contributed by atoms with Gasteiger partial charge in [0.05, 0.1) is 33.8 Å². The van der Waals surface area contributed by atoms with Crippen LogP contribution < -0.4 is 5.32 Å². The Balaban J connectivity index is 5.36. The van der Waals surface area contributed by atoms with Crippen LogP contribution in [0.2, 0.25) is 0 Å². The number of nitrogens with one attached hydrogen (secondary N) is 1. The number of carbonyl (C=O) groups excluding carboxylic acids is 2. The van der Waals surface area contributed by atoms with Gasteiger partial charge < -0.3 is 19.4 Å². The quantitative estimate of drug-likeness (QED) is 0.0205. The summed E-state index contributed by atoms with van der Waals surface area (Å²) in [5, 5.41) is 3.03. The van der Waals surface area contributed by atoms with E-state index in [2.05, 4.69) is 123 Å². The van der Waals surface area contributed by atoms with Crippen LogP contribution in [0.25, 0.3) is 0 Å². The molecular formula is C66H116N2O7P+. The summed E-state index contributed by atoms with van der Waals surface area (Å²) in [6.07, 6.45) is 75.2. The van der Waals surface area contributed by atoms with Gasteiger partial charge in [0.1, 0.15) is 19.3 Å².